The number of hydrogen-bond acceptors (Lipinski definition) is 5. The van der Waals surface area contributed by atoms with Crippen molar-refractivity contribution in [3.05, 3.63) is 48.0 Å². The topological polar surface area (TPSA) is 81.7 Å². The normalized spacial score (nSPS) is 11.2. The Hall–Kier alpha value is -2.54. The highest BCUT2D eigenvalue weighted by Crippen LogP contribution is 2.31. The van der Waals surface area contributed by atoms with Crippen molar-refractivity contribution in [1.82, 2.24) is 0 Å². The van der Waals surface area contributed by atoms with Gasteiger partial charge in [-0.1, -0.05) is 32.0 Å². The number of anilines is 1. The van der Waals surface area contributed by atoms with Crippen LogP contribution >= 0.6 is 0 Å². The fourth-order valence-corrected chi connectivity index (χ4v) is 3.29. The Bertz CT molecular complexity index is 875. The smallest absolute Gasteiger partial charge is 0.339 e. The van der Waals surface area contributed by atoms with Crippen LogP contribution in [0, 0.1) is 0 Å². The van der Waals surface area contributed by atoms with E-state index in [1.807, 2.05) is 26.0 Å². The summed E-state index contributed by atoms with van der Waals surface area (Å²) in [6, 6.07) is 11.1. The molecule has 2 aromatic carbocycles. The molecule has 0 bridgehead atoms. The van der Waals surface area contributed by atoms with Gasteiger partial charge in [-0.15, -0.1) is 0 Å². The first-order valence-corrected chi connectivity index (χ1v) is 9.14. The minimum absolute atomic E-state index is 0.0583. The highest BCUT2D eigenvalue weighted by atomic mass is 32.2. The van der Waals surface area contributed by atoms with Gasteiger partial charge in [0, 0.05) is 13.0 Å². The van der Waals surface area contributed by atoms with Crippen molar-refractivity contribution in [1.29, 1.82) is 0 Å². The summed E-state index contributed by atoms with van der Waals surface area (Å²) in [4.78, 5) is 11.1. The highest BCUT2D eigenvalue weighted by Gasteiger charge is 2.21. The van der Waals surface area contributed by atoms with Crippen LogP contribution in [0.2, 0.25) is 0 Å². The van der Waals surface area contributed by atoms with Gasteiger partial charge in [-0.3, -0.25) is 4.79 Å². The van der Waals surface area contributed by atoms with E-state index in [4.69, 9.17) is 8.92 Å². The molecule has 0 fully saturated rings. The zero-order valence-corrected chi connectivity index (χ0v) is 15.4. The second kappa shape index (κ2) is 7.57. The Kier molecular flexibility index (Phi) is 5.69. The fraction of sp³-hybridized carbons (Fsp3) is 0.278. The van der Waals surface area contributed by atoms with Crippen LogP contribution in [0.3, 0.4) is 0 Å². The van der Waals surface area contributed by atoms with E-state index < -0.39 is 10.1 Å². The number of rotatable bonds is 6. The van der Waals surface area contributed by atoms with Gasteiger partial charge < -0.3 is 14.2 Å². The summed E-state index contributed by atoms with van der Waals surface area (Å²) in [5, 5.41) is 2.58. The van der Waals surface area contributed by atoms with Gasteiger partial charge in [0.05, 0.1) is 12.8 Å². The highest BCUT2D eigenvalue weighted by molar-refractivity contribution is 7.87. The molecule has 0 heterocycles. The number of ether oxygens (including phenoxy) is 1. The van der Waals surface area contributed by atoms with Crippen LogP contribution in [-0.4, -0.2) is 21.4 Å². The van der Waals surface area contributed by atoms with Gasteiger partial charge in [-0.25, -0.2) is 0 Å². The lowest BCUT2D eigenvalue weighted by molar-refractivity contribution is -0.114. The van der Waals surface area contributed by atoms with Crippen LogP contribution in [0.1, 0.15) is 32.3 Å². The van der Waals surface area contributed by atoms with E-state index in [0.717, 1.165) is 5.56 Å². The predicted octanol–water partition coefficient (Wildman–Crippen LogP) is 3.54. The third-order valence-electron chi connectivity index (χ3n) is 3.51. The van der Waals surface area contributed by atoms with Crippen molar-refractivity contribution in [3.8, 4) is 11.5 Å². The van der Waals surface area contributed by atoms with Crippen LogP contribution < -0.4 is 14.2 Å². The standard InChI is InChI=1S/C18H21NO5S/c1-12(2)15-7-5-6-8-17(15)24-25(21,22)14-9-10-16(19-13(3)20)18(11-14)23-4/h5-12H,1-4H3,(H,19,20). The minimum Gasteiger partial charge on any atom is -0.495 e. The summed E-state index contributed by atoms with van der Waals surface area (Å²) >= 11 is 0. The van der Waals surface area contributed by atoms with Crippen LogP contribution in [-0.2, 0) is 14.9 Å². The minimum atomic E-state index is -4.04. The Morgan fingerprint density at radius 1 is 1.08 bits per heavy atom. The average Bonchev–Trinajstić information content (AvgIpc) is 2.54. The van der Waals surface area contributed by atoms with Crippen molar-refractivity contribution in [2.45, 2.75) is 31.6 Å². The first-order chi connectivity index (χ1) is 11.7. The molecule has 0 aromatic heterocycles. The molecule has 2 aromatic rings. The SMILES string of the molecule is COc1cc(S(=O)(=O)Oc2ccccc2C(C)C)ccc1NC(C)=O. The summed E-state index contributed by atoms with van der Waals surface area (Å²) < 4.78 is 35.7. The van der Waals surface area contributed by atoms with Crippen molar-refractivity contribution in [3.63, 3.8) is 0 Å². The third kappa shape index (κ3) is 4.51. The van der Waals surface area contributed by atoms with Gasteiger partial charge in [-0.2, -0.15) is 8.42 Å². The molecule has 0 spiro atoms. The largest absolute Gasteiger partial charge is 0.495 e. The summed E-state index contributed by atoms with van der Waals surface area (Å²) in [5.74, 6) is 0.360. The van der Waals surface area contributed by atoms with Gasteiger partial charge >= 0.3 is 10.1 Å². The zero-order chi connectivity index (χ0) is 18.6. The summed E-state index contributed by atoms with van der Waals surface area (Å²) in [6.07, 6.45) is 0. The summed E-state index contributed by atoms with van der Waals surface area (Å²) in [5.41, 5.74) is 1.18. The van der Waals surface area contributed by atoms with E-state index in [9.17, 15) is 13.2 Å². The molecule has 1 amide bonds. The number of amides is 1. The molecule has 0 saturated carbocycles. The summed E-state index contributed by atoms with van der Waals surface area (Å²) in [6.45, 7) is 5.27. The molecule has 7 heteroatoms. The molecule has 0 radical (unpaired) electrons. The molecule has 0 saturated heterocycles. The van der Waals surface area contributed by atoms with Gasteiger partial charge in [0.2, 0.25) is 5.91 Å². The van der Waals surface area contributed by atoms with E-state index in [-0.39, 0.29) is 22.5 Å². The van der Waals surface area contributed by atoms with Crippen molar-refractivity contribution in [2.24, 2.45) is 0 Å². The van der Waals surface area contributed by atoms with Gasteiger partial charge in [0.15, 0.2) is 0 Å². The average molecular weight is 363 g/mol. The number of benzene rings is 2. The first-order valence-electron chi connectivity index (χ1n) is 7.73. The molecule has 1 N–H and O–H groups in total. The molecule has 2 rings (SSSR count). The fourth-order valence-electron chi connectivity index (χ4n) is 2.32. The maximum atomic E-state index is 12.6. The molecule has 6 nitrogen and oxygen atoms in total. The Labute approximate surface area is 147 Å². The van der Waals surface area contributed by atoms with Crippen molar-refractivity contribution < 1.29 is 22.1 Å². The second-order valence-corrected chi connectivity index (χ2v) is 7.32. The zero-order valence-electron chi connectivity index (χ0n) is 14.6. The van der Waals surface area contributed by atoms with Crippen molar-refractivity contribution in [2.75, 3.05) is 12.4 Å². The van der Waals surface area contributed by atoms with Crippen LogP contribution in [0.15, 0.2) is 47.4 Å². The van der Waals surface area contributed by atoms with E-state index >= 15 is 0 Å². The number of para-hydroxylation sites is 1. The van der Waals surface area contributed by atoms with E-state index in [1.165, 1.54) is 32.2 Å². The van der Waals surface area contributed by atoms with E-state index in [0.29, 0.717) is 11.4 Å². The van der Waals surface area contributed by atoms with E-state index in [1.54, 1.807) is 12.1 Å². The first kappa shape index (κ1) is 18.8. The van der Waals surface area contributed by atoms with Gasteiger partial charge in [-0.05, 0) is 29.7 Å². The maximum Gasteiger partial charge on any atom is 0.339 e. The molecule has 0 aliphatic rings. The number of nitrogens with one attached hydrogen (secondary N) is 1. The Morgan fingerprint density at radius 2 is 1.76 bits per heavy atom. The van der Waals surface area contributed by atoms with Gasteiger partial charge in [0.25, 0.3) is 0 Å². The number of carbonyl (C=O) groups excluding carboxylic acids is 1. The molecule has 0 unspecified atom stereocenters. The molecular formula is C18H21NO5S. The molecule has 25 heavy (non-hydrogen) atoms. The third-order valence-corrected chi connectivity index (χ3v) is 4.74. The monoisotopic (exact) mass is 363 g/mol. The second-order valence-electron chi connectivity index (χ2n) is 5.77. The number of methoxy groups -OCH3 is 1. The molecule has 0 aliphatic carbocycles. The van der Waals surface area contributed by atoms with Crippen LogP contribution in [0.4, 0.5) is 5.69 Å². The lowest BCUT2D eigenvalue weighted by Gasteiger charge is -2.15. The number of hydrogen-bond donors (Lipinski definition) is 1. The molecule has 134 valence electrons. The Morgan fingerprint density at radius 3 is 2.36 bits per heavy atom. The Balaban J connectivity index is 2.39. The molecular weight excluding hydrogens is 342 g/mol. The molecule has 0 atom stereocenters. The van der Waals surface area contributed by atoms with Crippen molar-refractivity contribution >= 4 is 21.7 Å². The van der Waals surface area contributed by atoms with Crippen LogP contribution in [0.5, 0.6) is 11.5 Å². The maximum absolute atomic E-state index is 12.6. The van der Waals surface area contributed by atoms with Crippen LogP contribution in [0.25, 0.3) is 0 Å². The predicted molar refractivity (Wildman–Crippen MR) is 95.6 cm³/mol. The molecule has 0 aliphatic heterocycles. The number of carbonyl (C=O) groups is 1. The van der Waals surface area contributed by atoms with Gasteiger partial charge in [0.1, 0.15) is 16.4 Å². The van der Waals surface area contributed by atoms with E-state index in [2.05, 4.69) is 5.32 Å². The lowest BCUT2D eigenvalue weighted by Crippen LogP contribution is -2.12. The summed E-state index contributed by atoms with van der Waals surface area (Å²) in [7, 11) is -2.65. The quantitative estimate of drug-likeness (QED) is 0.794. The lowest BCUT2D eigenvalue weighted by atomic mass is 10.0.